The molecule has 3 rings (SSSR count). The summed E-state index contributed by atoms with van der Waals surface area (Å²) >= 11 is 3.40. The van der Waals surface area contributed by atoms with Gasteiger partial charge in [-0.2, -0.15) is 4.31 Å². The summed E-state index contributed by atoms with van der Waals surface area (Å²) in [4.78, 5) is 24.9. The van der Waals surface area contributed by atoms with Crippen molar-refractivity contribution >= 4 is 48.8 Å². The van der Waals surface area contributed by atoms with Crippen LogP contribution < -0.4 is 0 Å². The molecule has 158 valence electrons. The normalized spacial score (nSPS) is 17.4. The van der Waals surface area contributed by atoms with Crippen LogP contribution in [0.4, 0.5) is 0 Å². The molecular weight excluding hydrogens is 466 g/mol. The van der Waals surface area contributed by atoms with Crippen LogP contribution in [0.2, 0.25) is 0 Å². The summed E-state index contributed by atoms with van der Waals surface area (Å²) in [5.74, 6) is -1.96. The summed E-state index contributed by atoms with van der Waals surface area (Å²) < 4.78 is 27.4. The molecule has 11 heteroatoms. The van der Waals surface area contributed by atoms with E-state index in [1.165, 1.54) is 4.31 Å². The molecule has 2 aromatic rings. The van der Waals surface area contributed by atoms with Crippen LogP contribution in [0.5, 0.6) is 0 Å². The standard InChI is InChI=1S/C18H22BrN3O6S/c1-29(27,28)22-8-6-20(7-9-22)17(18(25)26)14-11-21(5-4-16(23)24)15-10-12(19)2-3-13(14)15/h2-3,10-11,17H,4-9H2,1H3,(H,23,24)(H,25,26)/t17-/m1/s1. The zero-order chi connectivity index (χ0) is 21.3. The number of hydrogen-bond donors (Lipinski definition) is 2. The number of aromatic nitrogens is 1. The molecule has 1 aromatic carbocycles. The maximum absolute atomic E-state index is 12.2. The largest absolute Gasteiger partial charge is 0.481 e. The zero-order valence-electron chi connectivity index (χ0n) is 15.8. The van der Waals surface area contributed by atoms with Gasteiger partial charge >= 0.3 is 11.9 Å². The number of piperazine rings is 1. The highest BCUT2D eigenvalue weighted by Gasteiger charge is 2.34. The third kappa shape index (κ3) is 4.80. The van der Waals surface area contributed by atoms with Crippen molar-refractivity contribution < 1.29 is 28.2 Å². The van der Waals surface area contributed by atoms with E-state index in [0.717, 1.165) is 21.6 Å². The van der Waals surface area contributed by atoms with Crippen LogP contribution in [0.25, 0.3) is 10.9 Å². The molecular formula is C18H22BrN3O6S. The van der Waals surface area contributed by atoms with Gasteiger partial charge in [0.1, 0.15) is 6.04 Å². The first kappa shape index (κ1) is 21.8. The second-order valence-electron chi connectivity index (χ2n) is 7.02. The van der Waals surface area contributed by atoms with E-state index in [1.54, 1.807) is 15.7 Å². The number of aliphatic carboxylic acids is 2. The summed E-state index contributed by atoms with van der Waals surface area (Å²) in [5.41, 5.74) is 1.31. The van der Waals surface area contributed by atoms with Crippen molar-refractivity contribution in [1.82, 2.24) is 13.8 Å². The summed E-state index contributed by atoms with van der Waals surface area (Å²) in [6.07, 6.45) is 2.76. The molecule has 0 bridgehead atoms. The van der Waals surface area contributed by atoms with Crippen LogP contribution >= 0.6 is 15.9 Å². The minimum Gasteiger partial charge on any atom is -0.481 e. The molecule has 0 amide bonds. The summed E-state index contributed by atoms with van der Waals surface area (Å²) in [6.45, 7) is 1.26. The number of carboxylic acid groups (broad SMARTS) is 2. The fourth-order valence-corrected chi connectivity index (χ4v) is 4.87. The van der Waals surface area contributed by atoms with Gasteiger partial charge < -0.3 is 14.8 Å². The zero-order valence-corrected chi connectivity index (χ0v) is 18.2. The molecule has 0 spiro atoms. The smallest absolute Gasteiger partial charge is 0.325 e. The Morgan fingerprint density at radius 2 is 1.83 bits per heavy atom. The lowest BCUT2D eigenvalue weighted by Gasteiger charge is -2.36. The van der Waals surface area contributed by atoms with Crippen LogP contribution in [0.15, 0.2) is 28.9 Å². The van der Waals surface area contributed by atoms with E-state index < -0.39 is 28.0 Å². The Kier molecular flexibility index (Phi) is 6.32. The lowest BCUT2D eigenvalue weighted by molar-refractivity contribution is -0.144. The topological polar surface area (TPSA) is 120 Å². The van der Waals surface area contributed by atoms with Gasteiger partial charge in [-0.15, -0.1) is 0 Å². The molecule has 1 aromatic heterocycles. The van der Waals surface area contributed by atoms with Crippen LogP contribution in [0, 0.1) is 0 Å². The van der Waals surface area contributed by atoms with Crippen LogP contribution in [-0.4, -0.2) is 76.8 Å². The first-order valence-electron chi connectivity index (χ1n) is 9.00. The molecule has 9 nitrogen and oxygen atoms in total. The quantitative estimate of drug-likeness (QED) is 0.607. The predicted octanol–water partition coefficient (Wildman–Crippen LogP) is 1.58. The lowest BCUT2D eigenvalue weighted by Crippen LogP contribution is -2.50. The van der Waals surface area contributed by atoms with E-state index in [2.05, 4.69) is 15.9 Å². The van der Waals surface area contributed by atoms with Gasteiger partial charge in [-0.05, 0) is 12.1 Å². The number of fused-ring (bicyclic) bond motifs is 1. The SMILES string of the molecule is CS(=O)(=O)N1CCN([C@@H](C(=O)O)c2cn(CCC(=O)O)c3cc(Br)ccc23)CC1. The molecule has 1 aliphatic heterocycles. The number of hydrogen-bond acceptors (Lipinski definition) is 5. The highest BCUT2D eigenvalue weighted by Crippen LogP contribution is 2.33. The van der Waals surface area contributed by atoms with Crippen molar-refractivity contribution in [3.8, 4) is 0 Å². The minimum atomic E-state index is -3.32. The monoisotopic (exact) mass is 487 g/mol. The molecule has 2 heterocycles. The Morgan fingerprint density at radius 3 is 2.38 bits per heavy atom. The average Bonchev–Trinajstić information content (AvgIpc) is 2.97. The van der Waals surface area contributed by atoms with Gasteiger partial charge in [0.15, 0.2) is 0 Å². The van der Waals surface area contributed by atoms with Crippen LogP contribution in [0.1, 0.15) is 18.0 Å². The number of aryl methyl sites for hydroxylation is 1. The minimum absolute atomic E-state index is 0.0828. The van der Waals surface area contributed by atoms with E-state index in [4.69, 9.17) is 5.11 Å². The number of rotatable bonds is 7. The Labute approximate surface area is 176 Å². The molecule has 1 atom stereocenters. The molecule has 1 saturated heterocycles. The average molecular weight is 488 g/mol. The summed E-state index contributed by atoms with van der Waals surface area (Å²) in [7, 11) is -3.32. The second-order valence-corrected chi connectivity index (χ2v) is 9.92. The Bertz CT molecular complexity index is 1040. The van der Waals surface area contributed by atoms with Gasteiger partial charge in [-0.25, -0.2) is 8.42 Å². The van der Waals surface area contributed by atoms with Crippen LogP contribution in [0.3, 0.4) is 0 Å². The highest BCUT2D eigenvalue weighted by molar-refractivity contribution is 9.10. The fraction of sp³-hybridized carbons (Fsp3) is 0.444. The van der Waals surface area contributed by atoms with E-state index >= 15 is 0 Å². The van der Waals surface area contributed by atoms with Gasteiger partial charge in [0.2, 0.25) is 10.0 Å². The maximum Gasteiger partial charge on any atom is 0.325 e. The third-order valence-corrected chi connectivity index (χ3v) is 6.87. The van der Waals surface area contributed by atoms with Gasteiger partial charge in [0, 0.05) is 59.9 Å². The molecule has 0 radical (unpaired) electrons. The number of halogens is 1. The molecule has 2 N–H and O–H groups in total. The molecule has 0 aliphatic carbocycles. The third-order valence-electron chi connectivity index (χ3n) is 5.08. The number of nitrogens with zero attached hydrogens (tertiary/aromatic N) is 3. The fourth-order valence-electron chi connectivity index (χ4n) is 3.69. The van der Waals surface area contributed by atoms with Crippen molar-refractivity contribution in [2.45, 2.75) is 19.0 Å². The summed E-state index contributed by atoms with van der Waals surface area (Å²) in [6, 6.07) is 4.51. The second kappa shape index (κ2) is 8.42. The van der Waals surface area contributed by atoms with Gasteiger partial charge in [-0.3, -0.25) is 14.5 Å². The van der Waals surface area contributed by atoms with Crippen LogP contribution in [-0.2, 0) is 26.2 Å². The van der Waals surface area contributed by atoms with Gasteiger partial charge in [-0.1, -0.05) is 22.0 Å². The number of sulfonamides is 1. The van der Waals surface area contributed by atoms with Gasteiger partial charge in [0.25, 0.3) is 0 Å². The van der Waals surface area contributed by atoms with Crippen molar-refractivity contribution in [2.24, 2.45) is 0 Å². The Balaban J connectivity index is 1.97. The number of carboxylic acids is 2. The summed E-state index contributed by atoms with van der Waals surface area (Å²) in [5, 5.41) is 19.7. The van der Waals surface area contributed by atoms with Crippen molar-refractivity contribution in [2.75, 3.05) is 32.4 Å². The predicted molar refractivity (Wildman–Crippen MR) is 110 cm³/mol. The van der Waals surface area contributed by atoms with Gasteiger partial charge in [0.05, 0.1) is 12.7 Å². The first-order valence-corrected chi connectivity index (χ1v) is 11.6. The lowest BCUT2D eigenvalue weighted by atomic mass is 10.0. The van der Waals surface area contributed by atoms with E-state index in [0.29, 0.717) is 18.7 Å². The highest BCUT2D eigenvalue weighted by atomic mass is 79.9. The molecule has 1 fully saturated rings. The number of benzene rings is 1. The van der Waals surface area contributed by atoms with Crippen molar-refractivity contribution in [3.05, 3.63) is 34.4 Å². The van der Waals surface area contributed by atoms with Crippen molar-refractivity contribution in [1.29, 1.82) is 0 Å². The number of carbonyl (C=O) groups is 2. The molecule has 0 saturated carbocycles. The Morgan fingerprint density at radius 1 is 1.17 bits per heavy atom. The molecule has 1 aliphatic rings. The first-order chi connectivity index (χ1) is 13.6. The van der Waals surface area contributed by atoms with E-state index in [9.17, 15) is 23.1 Å². The van der Waals surface area contributed by atoms with E-state index in [1.807, 2.05) is 18.2 Å². The van der Waals surface area contributed by atoms with E-state index in [-0.39, 0.29) is 26.1 Å². The van der Waals surface area contributed by atoms with Crippen molar-refractivity contribution in [3.63, 3.8) is 0 Å². The molecule has 0 unspecified atom stereocenters. The maximum atomic E-state index is 12.2. The Hall–Kier alpha value is -1.95. The molecule has 29 heavy (non-hydrogen) atoms.